The van der Waals surface area contributed by atoms with Crippen molar-refractivity contribution in [3.63, 3.8) is 0 Å². The van der Waals surface area contributed by atoms with Crippen molar-refractivity contribution in [3.05, 3.63) is 0 Å². The number of hydrogen-bond donors (Lipinski definition) is 5. The van der Waals surface area contributed by atoms with E-state index >= 15 is 0 Å². The molecule has 6 atom stereocenters. The van der Waals surface area contributed by atoms with Crippen LogP contribution in [0.25, 0.3) is 0 Å². The van der Waals surface area contributed by atoms with Crippen molar-refractivity contribution in [3.8, 4) is 0 Å². The highest BCUT2D eigenvalue weighted by Crippen LogP contribution is 2.32. The predicted molar refractivity (Wildman–Crippen MR) is 103 cm³/mol. The lowest BCUT2D eigenvalue weighted by molar-refractivity contribution is -0.125. The summed E-state index contributed by atoms with van der Waals surface area (Å²) in [6.07, 6.45) is 3.38. The third-order valence-corrected chi connectivity index (χ3v) is 5.68. The Morgan fingerprint density at radius 2 is 1.93 bits per heavy atom. The Kier molecular flexibility index (Phi) is 6.38. The molecule has 1 saturated heterocycles. The van der Waals surface area contributed by atoms with E-state index in [4.69, 9.17) is 4.99 Å². The summed E-state index contributed by atoms with van der Waals surface area (Å²) in [6, 6.07) is 0.0718. The van der Waals surface area contributed by atoms with Gasteiger partial charge in [-0.05, 0) is 59.3 Å². The zero-order valence-corrected chi connectivity index (χ0v) is 16.6. The Labute approximate surface area is 160 Å². The SMILES string of the molecule is CC(C)(C)N/C(=N\C1NNC2CC(F)CCC21)NC(=O)C1CCCC(O)C1. The first-order chi connectivity index (χ1) is 12.7. The van der Waals surface area contributed by atoms with Gasteiger partial charge in [0.05, 0.1) is 6.10 Å². The molecule has 0 radical (unpaired) electrons. The second kappa shape index (κ2) is 8.41. The van der Waals surface area contributed by atoms with Gasteiger partial charge >= 0.3 is 0 Å². The largest absolute Gasteiger partial charge is 0.393 e. The van der Waals surface area contributed by atoms with Crippen molar-refractivity contribution < 1.29 is 14.3 Å². The molecule has 0 aromatic rings. The summed E-state index contributed by atoms with van der Waals surface area (Å²) < 4.78 is 13.6. The van der Waals surface area contributed by atoms with Gasteiger partial charge in [-0.2, -0.15) is 0 Å². The topological polar surface area (TPSA) is 97.8 Å². The number of guanidine groups is 1. The van der Waals surface area contributed by atoms with Gasteiger partial charge < -0.3 is 10.4 Å². The maximum Gasteiger partial charge on any atom is 0.229 e. The number of nitrogens with zero attached hydrogens (tertiary/aromatic N) is 1. The van der Waals surface area contributed by atoms with Gasteiger partial charge in [-0.15, -0.1) is 0 Å². The monoisotopic (exact) mass is 383 g/mol. The first-order valence-corrected chi connectivity index (χ1v) is 10.2. The van der Waals surface area contributed by atoms with Gasteiger partial charge in [0.2, 0.25) is 5.91 Å². The van der Waals surface area contributed by atoms with E-state index < -0.39 is 12.3 Å². The lowest BCUT2D eigenvalue weighted by atomic mass is 9.83. The summed E-state index contributed by atoms with van der Waals surface area (Å²) in [6.45, 7) is 6.03. The second-order valence-electron chi connectivity index (χ2n) is 9.27. The van der Waals surface area contributed by atoms with Gasteiger partial charge in [-0.25, -0.2) is 14.8 Å². The summed E-state index contributed by atoms with van der Waals surface area (Å²) in [7, 11) is 0. The number of aliphatic hydroxyl groups is 1. The number of amides is 1. The normalized spacial score (nSPS) is 37.6. The van der Waals surface area contributed by atoms with Crippen LogP contribution in [-0.4, -0.2) is 47.0 Å². The molecule has 0 aromatic carbocycles. The molecular formula is C19H34FN5O2. The van der Waals surface area contributed by atoms with Crippen molar-refractivity contribution in [2.24, 2.45) is 16.8 Å². The Morgan fingerprint density at radius 1 is 1.15 bits per heavy atom. The van der Waals surface area contributed by atoms with Crippen LogP contribution >= 0.6 is 0 Å². The summed E-state index contributed by atoms with van der Waals surface area (Å²) >= 11 is 0. The summed E-state index contributed by atoms with van der Waals surface area (Å²) in [5.41, 5.74) is 6.06. The van der Waals surface area contributed by atoms with Crippen LogP contribution < -0.4 is 21.5 Å². The smallest absolute Gasteiger partial charge is 0.229 e. The molecule has 2 saturated carbocycles. The molecule has 2 aliphatic carbocycles. The van der Waals surface area contributed by atoms with E-state index in [9.17, 15) is 14.3 Å². The van der Waals surface area contributed by atoms with Crippen molar-refractivity contribution in [1.82, 2.24) is 21.5 Å². The fourth-order valence-electron chi connectivity index (χ4n) is 4.32. The summed E-state index contributed by atoms with van der Waals surface area (Å²) in [5, 5.41) is 16.1. The second-order valence-corrected chi connectivity index (χ2v) is 9.27. The minimum atomic E-state index is -0.757. The van der Waals surface area contributed by atoms with Crippen molar-refractivity contribution >= 4 is 11.9 Å². The van der Waals surface area contributed by atoms with E-state index in [0.29, 0.717) is 25.2 Å². The molecule has 3 rings (SSSR count). The predicted octanol–water partition coefficient (Wildman–Crippen LogP) is 1.34. The maximum atomic E-state index is 13.6. The van der Waals surface area contributed by atoms with Crippen molar-refractivity contribution in [2.45, 2.75) is 95.7 Å². The average Bonchev–Trinajstić information content (AvgIpc) is 2.95. The van der Waals surface area contributed by atoms with Crippen LogP contribution in [0.15, 0.2) is 4.99 Å². The third-order valence-electron chi connectivity index (χ3n) is 5.68. The number of aliphatic hydroxyl groups excluding tert-OH is 1. The Bertz CT molecular complexity index is 565. The van der Waals surface area contributed by atoms with Gasteiger partial charge in [-0.3, -0.25) is 15.5 Å². The fourth-order valence-corrected chi connectivity index (χ4v) is 4.32. The standard InChI is InChI=1S/C19H34FN5O2/c1-19(2,3)23-18(22-17(27)11-5-4-6-13(26)9-11)21-16-14-8-7-12(20)10-15(14)24-25-16/h11-16,24-26H,4-10H2,1-3H3,(H2,21,22,23,27). The number of aliphatic imine (C=N–C) groups is 1. The van der Waals surface area contributed by atoms with Crippen LogP contribution in [0, 0.1) is 11.8 Å². The molecular weight excluding hydrogens is 349 g/mol. The van der Waals surface area contributed by atoms with Gasteiger partial charge in [0.25, 0.3) is 0 Å². The van der Waals surface area contributed by atoms with E-state index in [1.807, 2.05) is 20.8 Å². The Morgan fingerprint density at radius 3 is 2.63 bits per heavy atom. The number of halogens is 1. The molecule has 154 valence electrons. The molecule has 0 aromatic heterocycles. The summed E-state index contributed by atoms with van der Waals surface area (Å²) in [4.78, 5) is 17.4. The number of fused-ring (bicyclic) bond motifs is 1. The highest BCUT2D eigenvalue weighted by Gasteiger charge is 2.40. The Balaban J connectivity index is 1.69. The van der Waals surface area contributed by atoms with Crippen molar-refractivity contribution in [2.75, 3.05) is 0 Å². The number of hydrazine groups is 1. The van der Waals surface area contributed by atoms with E-state index in [1.54, 1.807) is 0 Å². The molecule has 3 aliphatic rings. The van der Waals surface area contributed by atoms with Crippen LogP contribution in [0.4, 0.5) is 4.39 Å². The molecule has 0 spiro atoms. The van der Waals surface area contributed by atoms with E-state index in [1.165, 1.54) is 0 Å². The highest BCUT2D eigenvalue weighted by atomic mass is 19.1. The van der Waals surface area contributed by atoms with Crippen LogP contribution in [0.3, 0.4) is 0 Å². The molecule has 8 heteroatoms. The first kappa shape index (κ1) is 20.5. The minimum Gasteiger partial charge on any atom is -0.393 e. The molecule has 0 bridgehead atoms. The van der Waals surface area contributed by atoms with Crippen LogP contribution in [0.5, 0.6) is 0 Å². The number of alkyl halides is 1. The zero-order chi connectivity index (χ0) is 19.6. The van der Waals surface area contributed by atoms with Gasteiger partial charge in [-0.1, -0.05) is 6.42 Å². The number of hydrogen-bond acceptors (Lipinski definition) is 5. The van der Waals surface area contributed by atoms with Gasteiger partial charge in [0, 0.05) is 23.4 Å². The maximum absolute atomic E-state index is 13.6. The van der Waals surface area contributed by atoms with Gasteiger partial charge in [0.15, 0.2) is 5.96 Å². The van der Waals surface area contributed by atoms with Crippen LogP contribution in [0.1, 0.15) is 65.7 Å². The number of carbonyl (C=O) groups excluding carboxylic acids is 1. The number of nitrogens with one attached hydrogen (secondary N) is 4. The van der Waals surface area contributed by atoms with Crippen LogP contribution in [0.2, 0.25) is 0 Å². The van der Waals surface area contributed by atoms with E-state index in [0.717, 1.165) is 25.7 Å². The summed E-state index contributed by atoms with van der Waals surface area (Å²) in [5.74, 6) is 0.362. The molecule has 1 aliphatic heterocycles. The molecule has 1 amide bonds. The first-order valence-electron chi connectivity index (χ1n) is 10.2. The number of rotatable bonds is 2. The quantitative estimate of drug-likeness (QED) is 0.366. The van der Waals surface area contributed by atoms with Crippen LogP contribution in [-0.2, 0) is 4.79 Å². The lowest BCUT2D eigenvalue weighted by Gasteiger charge is -2.30. The molecule has 5 N–H and O–H groups in total. The molecule has 1 heterocycles. The fraction of sp³-hybridized carbons (Fsp3) is 0.895. The van der Waals surface area contributed by atoms with E-state index in [-0.39, 0.29) is 35.5 Å². The third kappa shape index (κ3) is 5.62. The molecule has 7 nitrogen and oxygen atoms in total. The molecule has 3 fully saturated rings. The zero-order valence-electron chi connectivity index (χ0n) is 16.6. The van der Waals surface area contributed by atoms with Gasteiger partial charge in [0.1, 0.15) is 12.3 Å². The lowest BCUT2D eigenvalue weighted by Crippen LogP contribution is -2.52. The highest BCUT2D eigenvalue weighted by molar-refractivity contribution is 5.98. The molecule has 27 heavy (non-hydrogen) atoms. The average molecular weight is 384 g/mol. The number of carbonyl (C=O) groups is 1. The van der Waals surface area contributed by atoms with E-state index in [2.05, 4.69) is 21.5 Å². The Hall–Kier alpha value is -1.25. The minimum absolute atomic E-state index is 0.0718. The molecule has 6 unspecified atom stereocenters. The van der Waals surface area contributed by atoms with Crippen molar-refractivity contribution in [1.29, 1.82) is 0 Å².